The van der Waals surface area contributed by atoms with Crippen molar-refractivity contribution in [1.82, 2.24) is 0 Å². The molecule has 1 aromatic carbocycles. The molecule has 0 unspecified atom stereocenters. The molecule has 0 aromatic heterocycles. The molecule has 0 heterocycles. The summed E-state index contributed by atoms with van der Waals surface area (Å²) in [5.41, 5.74) is 1.46. The van der Waals surface area contributed by atoms with Crippen LogP contribution in [-0.4, -0.2) is 21.4 Å². The van der Waals surface area contributed by atoms with Crippen LogP contribution in [0.2, 0.25) is 5.02 Å². The van der Waals surface area contributed by atoms with E-state index in [0.717, 1.165) is 12.0 Å². The molecule has 0 aliphatic heterocycles. The summed E-state index contributed by atoms with van der Waals surface area (Å²) in [6.07, 6.45) is 0.975. The molecule has 0 radical (unpaired) electrons. The van der Waals surface area contributed by atoms with E-state index < -0.39 is 10.0 Å². The first-order chi connectivity index (χ1) is 9.70. The fraction of sp³-hybridized carbons (Fsp3) is 0.533. The first kappa shape index (κ1) is 18.0. The lowest BCUT2D eigenvalue weighted by molar-refractivity contribution is 0.344. The molecule has 1 rings (SSSR count). The van der Waals surface area contributed by atoms with E-state index >= 15 is 0 Å². The van der Waals surface area contributed by atoms with Crippen molar-refractivity contribution < 1.29 is 13.2 Å². The van der Waals surface area contributed by atoms with Crippen molar-refractivity contribution >= 4 is 28.0 Å². The van der Waals surface area contributed by atoms with Crippen LogP contribution >= 0.6 is 11.6 Å². The normalized spacial score (nSPS) is 12.6. The molecule has 0 aliphatic carbocycles. The van der Waals surface area contributed by atoms with Crippen LogP contribution in [0.3, 0.4) is 0 Å². The summed E-state index contributed by atoms with van der Waals surface area (Å²) in [7, 11) is -3.80. The molecule has 0 bridgehead atoms. The lowest BCUT2D eigenvalue weighted by atomic mass is 9.97. The number of rotatable bonds is 6. The third-order valence-electron chi connectivity index (χ3n) is 3.07. The third kappa shape index (κ3) is 4.45. The second-order valence-electron chi connectivity index (χ2n) is 5.36. The van der Waals surface area contributed by atoms with Gasteiger partial charge in [-0.15, -0.1) is 4.40 Å². The molecule has 118 valence electrons. The molecule has 0 N–H and O–H groups in total. The molecule has 0 spiro atoms. The molecular formula is C15H22ClNO3S. The van der Waals surface area contributed by atoms with Gasteiger partial charge in [0.1, 0.15) is 0 Å². The standard InChI is InChI=1S/C15H22ClNO3S/c1-6-20-9-17-21(18,19)15-8-12(10(2)3)14(16)7-13(15)11(4)5/h7-11H,6H2,1-5H3/b17-9-. The first-order valence-electron chi connectivity index (χ1n) is 6.94. The highest BCUT2D eigenvalue weighted by Crippen LogP contribution is 2.34. The van der Waals surface area contributed by atoms with E-state index in [1.807, 2.05) is 27.7 Å². The van der Waals surface area contributed by atoms with Gasteiger partial charge in [-0.25, -0.2) is 0 Å². The summed E-state index contributed by atoms with van der Waals surface area (Å²) in [6, 6.07) is 3.35. The fourth-order valence-electron chi connectivity index (χ4n) is 1.92. The summed E-state index contributed by atoms with van der Waals surface area (Å²) in [5, 5.41) is 0.585. The van der Waals surface area contributed by atoms with Crippen LogP contribution in [0.4, 0.5) is 0 Å². The highest BCUT2D eigenvalue weighted by molar-refractivity contribution is 7.90. The molecule has 0 saturated carbocycles. The highest BCUT2D eigenvalue weighted by atomic mass is 35.5. The summed E-state index contributed by atoms with van der Waals surface area (Å²) in [5.74, 6) is 0.152. The predicted octanol–water partition coefficient (Wildman–Crippen LogP) is 4.34. The largest absolute Gasteiger partial charge is 0.483 e. The molecular weight excluding hydrogens is 310 g/mol. The second-order valence-corrected chi connectivity index (χ2v) is 7.37. The second kappa shape index (κ2) is 7.27. The maximum atomic E-state index is 12.4. The number of benzene rings is 1. The van der Waals surface area contributed by atoms with E-state index in [9.17, 15) is 8.42 Å². The number of ether oxygens (including phenoxy) is 1. The van der Waals surface area contributed by atoms with Crippen LogP contribution in [0.25, 0.3) is 0 Å². The predicted molar refractivity (Wildman–Crippen MR) is 86.9 cm³/mol. The maximum absolute atomic E-state index is 12.4. The number of sulfonamides is 1. The van der Waals surface area contributed by atoms with Gasteiger partial charge in [0.2, 0.25) is 0 Å². The van der Waals surface area contributed by atoms with E-state index in [0.29, 0.717) is 17.2 Å². The van der Waals surface area contributed by atoms with Crippen molar-refractivity contribution in [2.75, 3.05) is 6.61 Å². The molecule has 0 atom stereocenters. The lowest BCUT2D eigenvalue weighted by Crippen LogP contribution is -2.07. The number of hydrogen-bond acceptors (Lipinski definition) is 3. The van der Waals surface area contributed by atoms with Crippen LogP contribution < -0.4 is 0 Å². The third-order valence-corrected chi connectivity index (χ3v) is 4.67. The lowest BCUT2D eigenvalue weighted by Gasteiger charge is -2.16. The van der Waals surface area contributed by atoms with Gasteiger partial charge in [-0.1, -0.05) is 39.3 Å². The monoisotopic (exact) mass is 331 g/mol. The average Bonchev–Trinajstić information content (AvgIpc) is 2.37. The van der Waals surface area contributed by atoms with Crippen molar-refractivity contribution in [3.05, 3.63) is 28.3 Å². The fourth-order valence-corrected chi connectivity index (χ4v) is 3.47. The number of nitrogens with zero attached hydrogens (tertiary/aromatic N) is 1. The van der Waals surface area contributed by atoms with Crippen molar-refractivity contribution in [1.29, 1.82) is 0 Å². The molecule has 4 nitrogen and oxygen atoms in total. The Balaban J connectivity index is 3.48. The highest BCUT2D eigenvalue weighted by Gasteiger charge is 2.22. The zero-order valence-corrected chi connectivity index (χ0v) is 14.6. The van der Waals surface area contributed by atoms with Gasteiger partial charge in [-0.05, 0) is 42.0 Å². The summed E-state index contributed by atoms with van der Waals surface area (Å²) < 4.78 is 33.3. The van der Waals surface area contributed by atoms with Crippen molar-refractivity contribution in [2.24, 2.45) is 4.40 Å². The smallest absolute Gasteiger partial charge is 0.285 e. The summed E-state index contributed by atoms with van der Waals surface area (Å²) in [4.78, 5) is 0.196. The number of hydrogen-bond donors (Lipinski definition) is 0. The average molecular weight is 332 g/mol. The topological polar surface area (TPSA) is 55.7 Å². The van der Waals surface area contributed by atoms with E-state index in [2.05, 4.69) is 4.40 Å². The molecule has 1 aromatic rings. The van der Waals surface area contributed by atoms with Gasteiger partial charge in [-0.3, -0.25) is 0 Å². The van der Waals surface area contributed by atoms with E-state index in [1.54, 1.807) is 19.1 Å². The molecule has 0 aliphatic rings. The van der Waals surface area contributed by atoms with Crippen LogP contribution in [0, 0.1) is 0 Å². The maximum Gasteiger partial charge on any atom is 0.285 e. The minimum absolute atomic E-state index is 0.0239. The molecule has 0 fully saturated rings. The van der Waals surface area contributed by atoms with Gasteiger partial charge in [0.05, 0.1) is 11.5 Å². The SMILES string of the molecule is CCO/C=N\S(=O)(=O)c1cc(C(C)C)c(Cl)cc1C(C)C. The molecule has 21 heavy (non-hydrogen) atoms. The Morgan fingerprint density at radius 2 is 1.76 bits per heavy atom. The van der Waals surface area contributed by atoms with Crippen molar-refractivity contribution in [3.63, 3.8) is 0 Å². The number of halogens is 1. The Morgan fingerprint density at radius 1 is 1.19 bits per heavy atom. The zero-order valence-electron chi connectivity index (χ0n) is 13.1. The Bertz CT molecular complexity index is 622. The Labute approximate surface area is 132 Å². The minimum atomic E-state index is -3.80. The van der Waals surface area contributed by atoms with Crippen LogP contribution in [0.5, 0.6) is 0 Å². The van der Waals surface area contributed by atoms with E-state index in [4.69, 9.17) is 16.3 Å². The first-order valence-corrected chi connectivity index (χ1v) is 8.76. The van der Waals surface area contributed by atoms with Gasteiger partial charge >= 0.3 is 0 Å². The molecule has 6 heteroatoms. The van der Waals surface area contributed by atoms with Crippen LogP contribution in [0.15, 0.2) is 21.4 Å². The van der Waals surface area contributed by atoms with Gasteiger partial charge in [-0.2, -0.15) is 8.42 Å². The Hall–Kier alpha value is -1.07. The van der Waals surface area contributed by atoms with Crippen LogP contribution in [0.1, 0.15) is 57.6 Å². The summed E-state index contributed by atoms with van der Waals surface area (Å²) >= 11 is 6.26. The van der Waals surface area contributed by atoms with Gasteiger partial charge in [0.25, 0.3) is 10.0 Å². The van der Waals surface area contributed by atoms with E-state index in [-0.39, 0.29) is 16.7 Å². The Kier molecular flexibility index (Phi) is 6.23. The van der Waals surface area contributed by atoms with Crippen molar-refractivity contribution in [2.45, 2.75) is 51.3 Å². The molecule has 0 saturated heterocycles. The van der Waals surface area contributed by atoms with Crippen molar-refractivity contribution in [3.8, 4) is 0 Å². The summed E-state index contributed by atoms with van der Waals surface area (Å²) in [6.45, 7) is 9.91. The molecule has 0 amide bonds. The quantitative estimate of drug-likeness (QED) is 0.575. The zero-order chi connectivity index (χ0) is 16.2. The van der Waals surface area contributed by atoms with Gasteiger partial charge < -0.3 is 4.74 Å². The van der Waals surface area contributed by atoms with Gasteiger partial charge in [0, 0.05) is 5.02 Å². The Morgan fingerprint density at radius 3 is 2.24 bits per heavy atom. The minimum Gasteiger partial charge on any atom is -0.483 e. The van der Waals surface area contributed by atoms with E-state index in [1.165, 1.54) is 0 Å². The van der Waals surface area contributed by atoms with Crippen LogP contribution in [-0.2, 0) is 14.8 Å². The van der Waals surface area contributed by atoms with Gasteiger partial charge in [0.15, 0.2) is 6.40 Å².